The Morgan fingerprint density at radius 1 is 1.50 bits per heavy atom. The summed E-state index contributed by atoms with van der Waals surface area (Å²) in [6.07, 6.45) is 5.28. The van der Waals surface area contributed by atoms with Gasteiger partial charge < -0.3 is 10.3 Å². The van der Waals surface area contributed by atoms with Crippen molar-refractivity contribution in [2.24, 2.45) is 5.73 Å². The third kappa shape index (κ3) is 4.30. The van der Waals surface area contributed by atoms with Crippen LogP contribution >= 0.6 is 11.8 Å². The van der Waals surface area contributed by atoms with Gasteiger partial charge in [0, 0.05) is 5.25 Å². The van der Waals surface area contributed by atoms with E-state index in [4.69, 9.17) is 10.3 Å². The minimum atomic E-state index is -0.397. The first-order valence-electron chi connectivity index (χ1n) is 6.16. The van der Waals surface area contributed by atoms with Gasteiger partial charge in [-0.25, -0.2) is 0 Å². The predicted molar refractivity (Wildman–Crippen MR) is 68.8 cm³/mol. The molecule has 0 radical (unpaired) electrons. The summed E-state index contributed by atoms with van der Waals surface area (Å²) in [7, 11) is 0. The second-order valence-electron chi connectivity index (χ2n) is 4.39. The molecule has 0 saturated heterocycles. The van der Waals surface area contributed by atoms with Gasteiger partial charge in [-0.3, -0.25) is 10.1 Å². The fraction of sp³-hybridized carbons (Fsp3) is 0.727. The van der Waals surface area contributed by atoms with E-state index in [1.807, 2.05) is 11.8 Å². The summed E-state index contributed by atoms with van der Waals surface area (Å²) in [6.45, 7) is 0.499. The molecule has 1 aliphatic carbocycles. The van der Waals surface area contributed by atoms with Crippen molar-refractivity contribution in [3.63, 3.8) is 0 Å². The van der Waals surface area contributed by atoms with Crippen molar-refractivity contribution in [2.75, 3.05) is 6.54 Å². The van der Waals surface area contributed by atoms with E-state index in [1.165, 1.54) is 25.7 Å². The molecule has 3 N–H and O–H groups in total. The maximum absolute atomic E-state index is 10.5. The molecule has 0 bridgehead atoms. The van der Waals surface area contributed by atoms with Gasteiger partial charge in [0.25, 0.3) is 0 Å². The molecule has 18 heavy (non-hydrogen) atoms. The summed E-state index contributed by atoms with van der Waals surface area (Å²) in [5.41, 5.74) is 5.01. The lowest BCUT2D eigenvalue weighted by molar-refractivity contribution is -0.117. The van der Waals surface area contributed by atoms with Crippen LogP contribution < -0.4 is 11.1 Å². The molecular weight excluding hydrogens is 252 g/mol. The number of nitrogens with one attached hydrogen (secondary N) is 1. The second-order valence-corrected chi connectivity index (χ2v) is 5.68. The highest BCUT2D eigenvalue weighted by molar-refractivity contribution is 7.99. The zero-order chi connectivity index (χ0) is 12.8. The van der Waals surface area contributed by atoms with E-state index in [-0.39, 0.29) is 6.54 Å². The van der Waals surface area contributed by atoms with Crippen LogP contribution in [0.5, 0.6) is 0 Å². The fourth-order valence-corrected chi connectivity index (χ4v) is 3.13. The van der Waals surface area contributed by atoms with Gasteiger partial charge in [0.05, 0.1) is 18.8 Å². The monoisotopic (exact) mass is 270 g/mol. The molecule has 1 aromatic rings. The van der Waals surface area contributed by atoms with Gasteiger partial charge in [0.1, 0.15) is 0 Å². The largest absolute Gasteiger partial charge is 0.369 e. The number of rotatable bonds is 7. The summed E-state index contributed by atoms with van der Waals surface area (Å²) < 4.78 is 5.07. The van der Waals surface area contributed by atoms with E-state index < -0.39 is 5.91 Å². The molecule has 1 heterocycles. The number of aromatic nitrogens is 2. The number of primary amides is 1. The van der Waals surface area contributed by atoms with Gasteiger partial charge in [-0.15, -0.1) is 0 Å². The van der Waals surface area contributed by atoms with Crippen LogP contribution in [-0.4, -0.2) is 27.8 Å². The standard InChI is InChI=1S/C11H18N4O2S/c12-9(16)5-13-6-11-14-10(15-17-11)7-18-8-3-1-2-4-8/h8,13H,1-7H2,(H2,12,16). The van der Waals surface area contributed by atoms with Crippen molar-refractivity contribution < 1.29 is 9.32 Å². The number of nitrogens with zero attached hydrogens (tertiary/aromatic N) is 2. The summed E-state index contributed by atoms with van der Waals surface area (Å²) >= 11 is 1.90. The zero-order valence-electron chi connectivity index (χ0n) is 10.2. The summed E-state index contributed by atoms with van der Waals surface area (Å²) in [5.74, 6) is 1.62. The van der Waals surface area contributed by atoms with Crippen molar-refractivity contribution in [3.05, 3.63) is 11.7 Å². The third-order valence-corrected chi connectivity index (χ3v) is 4.20. The quantitative estimate of drug-likeness (QED) is 0.762. The van der Waals surface area contributed by atoms with Gasteiger partial charge in [-0.05, 0) is 12.8 Å². The molecule has 2 rings (SSSR count). The molecule has 0 aromatic carbocycles. The number of carbonyl (C=O) groups is 1. The Bertz CT molecular complexity index is 390. The lowest BCUT2D eigenvalue weighted by Crippen LogP contribution is -2.28. The van der Waals surface area contributed by atoms with Gasteiger partial charge in [0.15, 0.2) is 5.82 Å². The molecule has 0 unspecified atom stereocenters. The minimum absolute atomic E-state index is 0.120. The van der Waals surface area contributed by atoms with Crippen LogP contribution in [0.3, 0.4) is 0 Å². The van der Waals surface area contributed by atoms with Crippen molar-refractivity contribution in [1.82, 2.24) is 15.5 Å². The SMILES string of the molecule is NC(=O)CNCc1nc(CSC2CCCC2)no1. The first kappa shape index (κ1) is 13.4. The van der Waals surface area contributed by atoms with Crippen LogP contribution in [0.15, 0.2) is 4.52 Å². The van der Waals surface area contributed by atoms with E-state index in [0.29, 0.717) is 12.4 Å². The molecule has 1 aromatic heterocycles. The van der Waals surface area contributed by atoms with E-state index in [0.717, 1.165) is 16.8 Å². The smallest absolute Gasteiger partial charge is 0.240 e. The molecule has 1 fully saturated rings. The van der Waals surface area contributed by atoms with E-state index in [9.17, 15) is 4.79 Å². The van der Waals surface area contributed by atoms with Crippen molar-refractivity contribution >= 4 is 17.7 Å². The highest BCUT2D eigenvalue weighted by atomic mass is 32.2. The van der Waals surface area contributed by atoms with E-state index in [2.05, 4.69) is 15.5 Å². The van der Waals surface area contributed by atoms with Crippen LogP contribution in [-0.2, 0) is 17.1 Å². The topological polar surface area (TPSA) is 94.0 Å². The number of thioether (sulfide) groups is 1. The normalized spacial score (nSPS) is 16.2. The maximum Gasteiger partial charge on any atom is 0.240 e. The van der Waals surface area contributed by atoms with E-state index >= 15 is 0 Å². The molecule has 7 heteroatoms. The Balaban J connectivity index is 1.70. The van der Waals surface area contributed by atoms with Crippen LogP contribution in [0.4, 0.5) is 0 Å². The van der Waals surface area contributed by atoms with Gasteiger partial charge in [0.2, 0.25) is 11.8 Å². The van der Waals surface area contributed by atoms with Gasteiger partial charge >= 0.3 is 0 Å². The molecular formula is C11H18N4O2S. The summed E-state index contributed by atoms with van der Waals surface area (Å²) in [6, 6.07) is 0. The molecule has 0 aliphatic heterocycles. The number of carbonyl (C=O) groups excluding carboxylic acids is 1. The summed E-state index contributed by atoms with van der Waals surface area (Å²) in [5, 5.41) is 7.50. The molecule has 0 spiro atoms. The molecule has 1 saturated carbocycles. The minimum Gasteiger partial charge on any atom is -0.369 e. The number of amides is 1. The lowest BCUT2D eigenvalue weighted by Gasteiger charge is -2.04. The molecule has 100 valence electrons. The Hall–Kier alpha value is -1.08. The Morgan fingerprint density at radius 2 is 2.28 bits per heavy atom. The second kappa shape index (κ2) is 6.75. The molecule has 1 aliphatic rings. The Labute approximate surface area is 110 Å². The zero-order valence-corrected chi connectivity index (χ0v) is 11.0. The highest BCUT2D eigenvalue weighted by Gasteiger charge is 2.16. The number of nitrogens with two attached hydrogens (primary N) is 1. The average molecular weight is 270 g/mol. The van der Waals surface area contributed by atoms with Crippen LogP contribution in [0.25, 0.3) is 0 Å². The molecule has 1 amide bonds. The molecule has 6 nitrogen and oxygen atoms in total. The summed E-state index contributed by atoms with van der Waals surface area (Å²) in [4.78, 5) is 14.8. The van der Waals surface area contributed by atoms with Crippen LogP contribution in [0.2, 0.25) is 0 Å². The lowest BCUT2D eigenvalue weighted by atomic mass is 10.4. The number of hydrogen-bond donors (Lipinski definition) is 2. The highest BCUT2D eigenvalue weighted by Crippen LogP contribution is 2.30. The molecule has 0 atom stereocenters. The van der Waals surface area contributed by atoms with Gasteiger partial charge in [-0.1, -0.05) is 18.0 Å². The fourth-order valence-electron chi connectivity index (χ4n) is 1.96. The number of hydrogen-bond acceptors (Lipinski definition) is 6. The maximum atomic E-state index is 10.5. The van der Waals surface area contributed by atoms with Crippen molar-refractivity contribution in [3.8, 4) is 0 Å². The Morgan fingerprint density at radius 3 is 3.00 bits per heavy atom. The first-order chi connectivity index (χ1) is 8.74. The van der Waals surface area contributed by atoms with Gasteiger partial charge in [-0.2, -0.15) is 16.7 Å². The average Bonchev–Trinajstić information content (AvgIpc) is 2.96. The van der Waals surface area contributed by atoms with Crippen molar-refractivity contribution in [2.45, 2.75) is 43.2 Å². The third-order valence-electron chi connectivity index (χ3n) is 2.84. The first-order valence-corrected chi connectivity index (χ1v) is 7.21. The Kier molecular flexibility index (Phi) is 5.00. The van der Waals surface area contributed by atoms with Crippen LogP contribution in [0.1, 0.15) is 37.4 Å². The van der Waals surface area contributed by atoms with E-state index in [1.54, 1.807) is 0 Å². The van der Waals surface area contributed by atoms with Crippen LogP contribution in [0, 0.1) is 0 Å². The van der Waals surface area contributed by atoms with Crippen molar-refractivity contribution in [1.29, 1.82) is 0 Å². The predicted octanol–water partition coefficient (Wildman–Crippen LogP) is 0.820.